The summed E-state index contributed by atoms with van der Waals surface area (Å²) in [5.41, 5.74) is 1.16. The largest absolute Gasteiger partial charge is 0.310 e. The number of hydrogen-bond acceptors (Lipinski definition) is 1. The second-order valence-corrected chi connectivity index (χ2v) is 6.13. The molecule has 20 heavy (non-hydrogen) atoms. The van der Waals surface area contributed by atoms with Crippen molar-refractivity contribution in [3.05, 3.63) is 34.9 Å². The van der Waals surface area contributed by atoms with Gasteiger partial charge in [-0.2, -0.15) is 0 Å². The summed E-state index contributed by atoms with van der Waals surface area (Å²) in [5, 5.41) is 3.48. The monoisotopic (exact) mass is 281 g/mol. The van der Waals surface area contributed by atoms with Gasteiger partial charge in [-0.3, -0.25) is 0 Å². The van der Waals surface area contributed by atoms with Crippen LogP contribution in [0.3, 0.4) is 0 Å². The van der Waals surface area contributed by atoms with E-state index in [4.69, 9.17) is 0 Å². The van der Waals surface area contributed by atoms with Crippen LogP contribution in [0.4, 0.5) is 8.78 Å². The molecule has 0 saturated heterocycles. The average molecular weight is 281 g/mol. The Bertz CT molecular complexity index is 459. The second-order valence-electron chi connectivity index (χ2n) is 6.13. The topological polar surface area (TPSA) is 12.0 Å². The van der Waals surface area contributed by atoms with Gasteiger partial charge >= 0.3 is 0 Å². The molecule has 0 heterocycles. The van der Waals surface area contributed by atoms with Crippen molar-refractivity contribution < 1.29 is 8.78 Å². The number of benzene rings is 1. The molecule has 1 saturated carbocycles. The fraction of sp³-hybridized carbons (Fsp3) is 0.647. The fourth-order valence-electron chi connectivity index (χ4n) is 3.38. The molecule has 0 aromatic heterocycles. The smallest absolute Gasteiger partial charge is 0.130 e. The quantitative estimate of drug-likeness (QED) is 0.821. The number of rotatable bonds is 5. The highest BCUT2D eigenvalue weighted by Crippen LogP contribution is 2.41. The summed E-state index contributed by atoms with van der Waals surface area (Å²) in [6.07, 6.45) is 4.55. The average Bonchev–Trinajstić information content (AvgIpc) is 2.82. The van der Waals surface area contributed by atoms with Gasteiger partial charge in [-0.1, -0.05) is 26.7 Å². The van der Waals surface area contributed by atoms with E-state index >= 15 is 0 Å². The Kier molecular flexibility index (Phi) is 5.14. The molecule has 1 N–H and O–H groups in total. The summed E-state index contributed by atoms with van der Waals surface area (Å²) in [4.78, 5) is 0. The molecule has 112 valence electrons. The lowest BCUT2D eigenvalue weighted by atomic mass is 9.85. The molecule has 0 bridgehead atoms. The first-order valence-electron chi connectivity index (χ1n) is 7.73. The predicted octanol–water partition coefficient (Wildman–Crippen LogP) is 4.75. The highest BCUT2D eigenvalue weighted by molar-refractivity contribution is 5.29. The number of halogens is 2. The van der Waals surface area contributed by atoms with Gasteiger partial charge in [-0.05, 0) is 49.8 Å². The minimum Gasteiger partial charge on any atom is -0.310 e. The van der Waals surface area contributed by atoms with Gasteiger partial charge in [0.05, 0.1) is 0 Å². The molecular weight excluding hydrogens is 256 g/mol. The van der Waals surface area contributed by atoms with E-state index in [1.54, 1.807) is 13.0 Å². The third-order valence-corrected chi connectivity index (χ3v) is 4.58. The number of hydrogen-bond donors (Lipinski definition) is 1. The van der Waals surface area contributed by atoms with Gasteiger partial charge in [-0.15, -0.1) is 0 Å². The standard InChI is InChI=1S/C17H25F2N/c1-4-8-20-17(13-7-5-6-11(13)2)14-9-12(3)15(18)10-16(14)19/h9-11,13,17,20H,4-8H2,1-3H3. The lowest BCUT2D eigenvalue weighted by Gasteiger charge is -2.29. The van der Waals surface area contributed by atoms with Crippen LogP contribution < -0.4 is 5.32 Å². The van der Waals surface area contributed by atoms with Crippen LogP contribution in [0.25, 0.3) is 0 Å². The van der Waals surface area contributed by atoms with Gasteiger partial charge in [0.15, 0.2) is 0 Å². The van der Waals surface area contributed by atoms with Crippen molar-refractivity contribution in [3.8, 4) is 0 Å². The van der Waals surface area contributed by atoms with Crippen LogP contribution in [0, 0.1) is 30.4 Å². The van der Waals surface area contributed by atoms with Crippen LogP contribution >= 0.6 is 0 Å². The summed E-state index contributed by atoms with van der Waals surface area (Å²) in [6, 6.07) is 2.72. The Morgan fingerprint density at radius 2 is 2.00 bits per heavy atom. The van der Waals surface area contributed by atoms with Crippen LogP contribution in [-0.4, -0.2) is 6.54 Å². The molecule has 3 unspecified atom stereocenters. The summed E-state index contributed by atoms with van der Waals surface area (Å²) in [6.45, 7) is 6.91. The van der Waals surface area contributed by atoms with Crippen molar-refractivity contribution in [2.45, 2.75) is 52.5 Å². The molecule has 0 spiro atoms. The molecule has 1 aromatic carbocycles. The summed E-state index contributed by atoms with van der Waals surface area (Å²) in [7, 11) is 0. The maximum atomic E-state index is 14.2. The second kappa shape index (κ2) is 6.66. The Morgan fingerprint density at radius 1 is 1.25 bits per heavy atom. The molecule has 3 atom stereocenters. The number of nitrogens with one attached hydrogen (secondary N) is 1. The van der Waals surface area contributed by atoms with Crippen molar-refractivity contribution in [1.29, 1.82) is 0 Å². The van der Waals surface area contributed by atoms with E-state index in [0.29, 0.717) is 23.0 Å². The normalized spacial score (nSPS) is 24.1. The van der Waals surface area contributed by atoms with E-state index < -0.39 is 11.6 Å². The van der Waals surface area contributed by atoms with Gasteiger partial charge < -0.3 is 5.32 Å². The molecule has 0 aliphatic heterocycles. The summed E-state index contributed by atoms with van der Waals surface area (Å²) in [5.74, 6) is 0.163. The van der Waals surface area contributed by atoms with Gasteiger partial charge in [0.25, 0.3) is 0 Å². The molecule has 2 rings (SSSR count). The van der Waals surface area contributed by atoms with Crippen molar-refractivity contribution in [2.24, 2.45) is 11.8 Å². The lowest BCUT2D eigenvalue weighted by molar-refractivity contribution is 0.295. The highest BCUT2D eigenvalue weighted by Gasteiger charge is 2.33. The zero-order chi connectivity index (χ0) is 14.7. The van der Waals surface area contributed by atoms with E-state index in [9.17, 15) is 8.78 Å². The van der Waals surface area contributed by atoms with Crippen LogP contribution in [-0.2, 0) is 0 Å². The van der Waals surface area contributed by atoms with Crippen LogP contribution in [0.5, 0.6) is 0 Å². The van der Waals surface area contributed by atoms with Gasteiger partial charge in [0.2, 0.25) is 0 Å². The predicted molar refractivity (Wildman–Crippen MR) is 78.6 cm³/mol. The highest BCUT2D eigenvalue weighted by atomic mass is 19.1. The van der Waals surface area contributed by atoms with Crippen molar-refractivity contribution in [2.75, 3.05) is 6.54 Å². The van der Waals surface area contributed by atoms with Crippen LogP contribution in [0.2, 0.25) is 0 Å². The maximum Gasteiger partial charge on any atom is 0.130 e. The Labute approximate surface area is 120 Å². The molecule has 0 radical (unpaired) electrons. The minimum absolute atomic E-state index is 0.00625. The van der Waals surface area contributed by atoms with Crippen molar-refractivity contribution >= 4 is 0 Å². The van der Waals surface area contributed by atoms with E-state index in [-0.39, 0.29) is 6.04 Å². The van der Waals surface area contributed by atoms with Gasteiger partial charge in [-0.25, -0.2) is 8.78 Å². The third-order valence-electron chi connectivity index (χ3n) is 4.58. The molecule has 3 heteroatoms. The van der Waals surface area contributed by atoms with Crippen molar-refractivity contribution in [1.82, 2.24) is 5.32 Å². The van der Waals surface area contributed by atoms with Crippen LogP contribution in [0.15, 0.2) is 12.1 Å². The first-order chi connectivity index (χ1) is 9.54. The third kappa shape index (κ3) is 3.20. The van der Waals surface area contributed by atoms with E-state index in [0.717, 1.165) is 25.5 Å². The van der Waals surface area contributed by atoms with E-state index in [1.807, 2.05) is 0 Å². The molecule has 1 aliphatic rings. The van der Waals surface area contributed by atoms with E-state index in [1.165, 1.54) is 12.8 Å². The Morgan fingerprint density at radius 3 is 2.60 bits per heavy atom. The Balaban J connectivity index is 2.32. The van der Waals surface area contributed by atoms with Crippen molar-refractivity contribution in [3.63, 3.8) is 0 Å². The SMILES string of the molecule is CCCNC(c1cc(C)c(F)cc1F)C1CCCC1C. The lowest BCUT2D eigenvalue weighted by Crippen LogP contribution is -2.31. The molecular formula is C17H25F2N. The van der Waals surface area contributed by atoms with Crippen LogP contribution in [0.1, 0.15) is 56.7 Å². The van der Waals surface area contributed by atoms with E-state index in [2.05, 4.69) is 19.2 Å². The maximum absolute atomic E-state index is 14.2. The molecule has 1 aromatic rings. The first-order valence-corrected chi connectivity index (χ1v) is 7.73. The molecule has 1 aliphatic carbocycles. The zero-order valence-corrected chi connectivity index (χ0v) is 12.7. The molecule has 1 nitrogen and oxygen atoms in total. The Hall–Kier alpha value is -0.960. The van der Waals surface area contributed by atoms with Gasteiger partial charge in [0, 0.05) is 17.7 Å². The zero-order valence-electron chi connectivity index (χ0n) is 12.7. The summed E-state index contributed by atoms with van der Waals surface area (Å²) < 4.78 is 27.7. The molecule has 1 fully saturated rings. The number of aryl methyl sites for hydroxylation is 1. The fourth-order valence-corrected chi connectivity index (χ4v) is 3.38. The van der Waals surface area contributed by atoms with Gasteiger partial charge in [0.1, 0.15) is 11.6 Å². The minimum atomic E-state index is -0.458. The first kappa shape index (κ1) is 15.4. The summed E-state index contributed by atoms with van der Waals surface area (Å²) >= 11 is 0. The molecule has 0 amide bonds.